The van der Waals surface area contributed by atoms with Gasteiger partial charge in [0.25, 0.3) is 0 Å². The molecule has 2 N–H and O–H groups in total. The van der Waals surface area contributed by atoms with Crippen LogP contribution in [0.3, 0.4) is 0 Å². The number of aliphatic hydroxyl groups excluding tert-OH is 1. The van der Waals surface area contributed by atoms with Gasteiger partial charge in [0.2, 0.25) is 0 Å². The van der Waals surface area contributed by atoms with Crippen LogP contribution in [0.25, 0.3) is 17.0 Å². The highest BCUT2D eigenvalue weighted by Crippen LogP contribution is 2.28. The Morgan fingerprint density at radius 2 is 1.68 bits per heavy atom. The molecular formula is C31H44N2O4. The minimum atomic E-state index is -0.479. The molecule has 37 heavy (non-hydrogen) atoms. The van der Waals surface area contributed by atoms with E-state index < -0.39 is 6.10 Å². The maximum atomic E-state index is 10.5. The molecule has 1 aromatic heterocycles. The zero-order valence-corrected chi connectivity index (χ0v) is 23.5. The summed E-state index contributed by atoms with van der Waals surface area (Å²) < 4.78 is 16.7. The average molecular weight is 509 g/mol. The zero-order valence-electron chi connectivity index (χ0n) is 23.5. The number of likely N-dealkylation sites (N-methyl/N-ethyl adjacent to an activating group) is 1. The summed E-state index contributed by atoms with van der Waals surface area (Å²) in [6.45, 7) is 9.71. The minimum Gasteiger partial charge on any atom is -0.497 e. The summed E-state index contributed by atoms with van der Waals surface area (Å²) in [6.07, 6.45) is 6.94. The Morgan fingerprint density at radius 3 is 2.35 bits per heavy atom. The molecule has 4 rings (SSSR count). The van der Waals surface area contributed by atoms with E-state index in [1.165, 1.54) is 10.9 Å². The number of benzene rings is 2. The first-order chi connectivity index (χ1) is 18.1. The number of nitrogens with one attached hydrogen (secondary N) is 1. The predicted molar refractivity (Wildman–Crippen MR) is 154 cm³/mol. The van der Waals surface area contributed by atoms with Crippen molar-refractivity contribution in [2.24, 2.45) is 0 Å². The van der Waals surface area contributed by atoms with Crippen molar-refractivity contribution >= 4 is 17.0 Å². The Bertz CT molecular complexity index is 1130. The van der Waals surface area contributed by atoms with Crippen molar-refractivity contribution in [3.8, 4) is 11.5 Å². The first kappa shape index (κ1) is 30.0. The number of hydrogen-bond donors (Lipinski definition) is 2. The highest BCUT2D eigenvalue weighted by molar-refractivity contribution is 5.87. The van der Waals surface area contributed by atoms with Gasteiger partial charge in [-0.1, -0.05) is 52.0 Å². The Hall–Kier alpha value is -3.22. The molecule has 1 aliphatic carbocycles. The third-order valence-corrected chi connectivity index (χ3v) is 5.87. The number of aromatic nitrogens is 1. The molecule has 0 saturated heterocycles. The van der Waals surface area contributed by atoms with Crippen LogP contribution in [-0.4, -0.2) is 55.5 Å². The zero-order chi connectivity index (χ0) is 27.2. The number of fused-ring (bicyclic) bond motifs is 3. The third kappa shape index (κ3) is 8.69. The molecule has 0 spiro atoms. The van der Waals surface area contributed by atoms with Crippen molar-refractivity contribution in [2.45, 2.75) is 53.2 Å². The van der Waals surface area contributed by atoms with Crippen molar-refractivity contribution in [3.05, 3.63) is 77.2 Å². The van der Waals surface area contributed by atoms with Gasteiger partial charge in [-0.3, -0.25) is 4.90 Å². The molecule has 0 fully saturated rings. The van der Waals surface area contributed by atoms with Crippen molar-refractivity contribution in [3.63, 3.8) is 0 Å². The topological polar surface area (TPSA) is 67.0 Å². The highest BCUT2D eigenvalue weighted by atomic mass is 16.5. The molecule has 0 saturated carbocycles. The normalized spacial score (nSPS) is 12.8. The standard InChI is InChI=1S/C27H32N2O4.2C2H6/c1-29(17-19-13-22(31-2)15-23(14-19)32-3)18-20(30)11-12-33-21-7-6-10-27-25(16-21)24-8-4-5-9-26(24)28-27;2*1-2/h4-10,13-15,20,28,30H,11-12,16-18H2,1-3H3;2*1-2H3. The van der Waals surface area contributed by atoms with Crippen LogP contribution < -0.4 is 9.47 Å². The van der Waals surface area contributed by atoms with Gasteiger partial charge in [-0.25, -0.2) is 0 Å². The van der Waals surface area contributed by atoms with E-state index in [0.717, 1.165) is 40.5 Å². The lowest BCUT2D eigenvalue weighted by atomic mass is 10.1. The van der Waals surface area contributed by atoms with E-state index in [9.17, 15) is 5.11 Å². The Kier molecular flexibility index (Phi) is 12.8. The number of hydrogen-bond acceptors (Lipinski definition) is 5. The fourth-order valence-electron chi connectivity index (χ4n) is 4.25. The van der Waals surface area contributed by atoms with E-state index >= 15 is 0 Å². The fraction of sp³-hybridized carbons (Fsp3) is 0.419. The Morgan fingerprint density at radius 1 is 1.00 bits per heavy atom. The van der Waals surface area contributed by atoms with Crippen LogP contribution in [-0.2, 0) is 17.7 Å². The van der Waals surface area contributed by atoms with E-state index in [1.807, 2.05) is 71.2 Å². The van der Waals surface area contributed by atoms with Gasteiger partial charge in [0.15, 0.2) is 0 Å². The van der Waals surface area contributed by atoms with E-state index in [-0.39, 0.29) is 0 Å². The van der Waals surface area contributed by atoms with Crippen LogP contribution >= 0.6 is 0 Å². The van der Waals surface area contributed by atoms with Gasteiger partial charge in [0.1, 0.15) is 17.3 Å². The molecule has 0 bridgehead atoms. The Balaban J connectivity index is 0.00000115. The van der Waals surface area contributed by atoms with Gasteiger partial charge in [0, 0.05) is 48.6 Å². The molecule has 1 heterocycles. The van der Waals surface area contributed by atoms with Gasteiger partial charge in [-0.05, 0) is 48.5 Å². The van der Waals surface area contributed by atoms with Gasteiger partial charge in [-0.2, -0.15) is 0 Å². The SMILES string of the molecule is CC.CC.COc1cc(CN(C)CC(O)CCOC2=CC=Cc3[nH]c4ccccc4c3C2)cc(OC)c1. The summed E-state index contributed by atoms with van der Waals surface area (Å²) in [7, 11) is 5.28. The van der Waals surface area contributed by atoms with E-state index in [4.69, 9.17) is 14.2 Å². The summed E-state index contributed by atoms with van der Waals surface area (Å²) in [5.74, 6) is 2.44. The first-order valence-electron chi connectivity index (χ1n) is 13.2. The lowest BCUT2D eigenvalue weighted by Crippen LogP contribution is -2.29. The van der Waals surface area contributed by atoms with Gasteiger partial charge in [-0.15, -0.1) is 0 Å². The van der Waals surface area contributed by atoms with Crippen molar-refractivity contribution in [1.29, 1.82) is 0 Å². The maximum absolute atomic E-state index is 10.5. The molecule has 6 nitrogen and oxygen atoms in total. The number of aliphatic hydroxyl groups is 1. The van der Waals surface area contributed by atoms with Gasteiger partial charge < -0.3 is 24.3 Å². The number of rotatable bonds is 10. The van der Waals surface area contributed by atoms with Crippen molar-refractivity contribution in [2.75, 3.05) is 34.4 Å². The van der Waals surface area contributed by atoms with E-state index in [0.29, 0.717) is 26.1 Å². The van der Waals surface area contributed by atoms with Crippen molar-refractivity contribution < 1.29 is 19.3 Å². The number of allylic oxidation sites excluding steroid dienone is 3. The second kappa shape index (κ2) is 15.8. The van der Waals surface area contributed by atoms with Crippen LogP contribution in [0.1, 0.15) is 50.9 Å². The van der Waals surface area contributed by atoms with Crippen LogP contribution in [0, 0.1) is 0 Å². The number of H-pyrrole nitrogens is 1. The first-order valence-corrected chi connectivity index (χ1v) is 13.2. The molecule has 1 aliphatic rings. The predicted octanol–water partition coefficient (Wildman–Crippen LogP) is 6.59. The van der Waals surface area contributed by atoms with Gasteiger partial charge in [0.05, 0.1) is 26.9 Å². The van der Waals surface area contributed by atoms with E-state index in [1.54, 1.807) is 14.2 Å². The molecule has 2 aromatic carbocycles. The number of nitrogens with zero attached hydrogens (tertiary/aromatic N) is 1. The monoisotopic (exact) mass is 508 g/mol. The summed E-state index contributed by atoms with van der Waals surface area (Å²) in [5.41, 5.74) is 4.59. The summed E-state index contributed by atoms with van der Waals surface area (Å²) in [4.78, 5) is 5.56. The average Bonchev–Trinajstić information content (AvgIpc) is 3.14. The Labute approximate surface area is 222 Å². The highest BCUT2D eigenvalue weighted by Gasteiger charge is 2.15. The second-order valence-corrected chi connectivity index (χ2v) is 8.44. The largest absolute Gasteiger partial charge is 0.497 e. The number of aromatic amines is 1. The molecule has 0 aliphatic heterocycles. The lowest BCUT2D eigenvalue weighted by Gasteiger charge is -2.21. The van der Waals surface area contributed by atoms with Crippen LogP contribution in [0.4, 0.5) is 0 Å². The number of para-hydroxylation sites is 1. The number of ether oxygens (including phenoxy) is 3. The second-order valence-electron chi connectivity index (χ2n) is 8.44. The molecule has 1 atom stereocenters. The quantitative estimate of drug-likeness (QED) is 0.323. The van der Waals surface area contributed by atoms with Crippen LogP contribution in [0.5, 0.6) is 11.5 Å². The molecule has 202 valence electrons. The smallest absolute Gasteiger partial charge is 0.122 e. The van der Waals surface area contributed by atoms with Crippen LogP contribution in [0.15, 0.2) is 60.4 Å². The lowest BCUT2D eigenvalue weighted by molar-refractivity contribution is 0.0841. The molecule has 0 radical (unpaired) electrons. The van der Waals surface area contributed by atoms with Gasteiger partial charge >= 0.3 is 0 Å². The molecule has 3 aromatic rings. The fourth-order valence-corrected chi connectivity index (χ4v) is 4.25. The molecule has 1 unspecified atom stereocenters. The number of methoxy groups -OCH3 is 2. The molecular weight excluding hydrogens is 464 g/mol. The summed E-state index contributed by atoms with van der Waals surface area (Å²) in [5, 5.41) is 11.8. The molecule has 0 amide bonds. The minimum absolute atomic E-state index is 0.472. The van der Waals surface area contributed by atoms with E-state index in [2.05, 4.69) is 34.2 Å². The molecule has 6 heteroatoms. The summed E-state index contributed by atoms with van der Waals surface area (Å²) in [6, 6.07) is 14.2. The third-order valence-electron chi connectivity index (χ3n) is 5.87. The van der Waals surface area contributed by atoms with Crippen LogP contribution in [0.2, 0.25) is 0 Å². The van der Waals surface area contributed by atoms with Crippen molar-refractivity contribution in [1.82, 2.24) is 9.88 Å². The maximum Gasteiger partial charge on any atom is 0.122 e. The summed E-state index contributed by atoms with van der Waals surface area (Å²) >= 11 is 0.